The zero-order valence-corrected chi connectivity index (χ0v) is 10.8. The highest BCUT2D eigenvalue weighted by atomic mass is 79.9. The minimum absolute atomic E-state index is 0.336. The first-order valence-electron chi connectivity index (χ1n) is 5.08. The molecule has 1 aromatic carbocycles. The Morgan fingerprint density at radius 3 is 2.82 bits per heavy atom. The maximum atomic E-state index is 13.7. The van der Waals surface area contributed by atoms with Crippen molar-refractivity contribution in [3.8, 4) is 0 Å². The number of nitrogens with zero attached hydrogens (tertiary/aromatic N) is 2. The summed E-state index contributed by atoms with van der Waals surface area (Å²) in [6.45, 7) is 1.77. The lowest BCUT2D eigenvalue weighted by Gasteiger charge is -2.13. The summed E-state index contributed by atoms with van der Waals surface area (Å²) in [5, 5.41) is 0. The van der Waals surface area contributed by atoms with Gasteiger partial charge in [0.1, 0.15) is 11.6 Å². The molecular formula is C12H11BrFN3. The second kappa shape index (κ2) is 4.89. The van der Waals surface area contributed by atoms with Gasteiger partial charge in [0.05, 0.1) is 11.7 Å². The Morgan fingerprint density at radius 1 is 1.35 bits per heavy atom. The molecule has 0 aliphatic rings. The number of benzene rings is 1. The van der Waals surface area contributed by atoms with Crippen LogP contribution in [0, 0.1) is 12.7 Å². The Balaban J connectivity index is 2.43. The molecule has 0 radical (unpaired) electrons. The zero-order chi connectivity index (χ0) is 12.4. The van der Waals surface area contributed by atoms with Gasteiger partial charge in [0.25, 0.3) is 0 Å². The monoisotopic (exact) mass is 295 g/mol. The van der Waals surface area contributed by atoms with Gasteiger partial charge in [0.2, 0.25) is 0 Å². The second-order valence-electron chi connectivity index (χ2n) is 3.67. The summed E-state index contributed by atoms with van der Waals surface area (Å²) in [5.74, 6) is 0.283. The van der Waals surface area contributed by atoms with Crippen LogP contribution in [0.1, 0.15) is 23.1 Å². The van der Waals surface area contributed by atoms with E-state index in [1.807, 2.05) is 0 Å². The largest absolute Gasteiger partial charge is 0.319 e. The summed E-state index contributed by atoms with van der Waals surface area (Å²) in [4.78, 5) is 8.19. The summed E-state index contributed by atoms with van der Waals surface area (Å²) in [6.07, 6.45) is 1.62. The number of aryl methyl sites for hydroxylation is 1. The maximum absolute atomic E-state index is 13.7. The third-order valence-corrected chi connectivity index (χ3v) is 2.90. The molecule has 2 rings (SSSR count). The van der Waals surface area contributed by atoms with Gasteiger partial charge in [-0.3, -0.25) is 0 Å². The molecule has 0 bridgehead atoms. The summed E-state index contributed by atoms with van der Waals surface area (Å²) in [7, 11) is 0. The van der Waals surface area contributed by atoms with Crippen molar-refractivity contribution in [3.05, 3.63) is 57.8 Å². The van der Waals surface area contributed by atoms with E-state index >= 15 is 0 Å². The van der Waals surface area contributed by atoms with E-state index < -0.39 is 6.04 Å². The molecule has 1 unspecified atom stereocenters. The van der Waals surface area contributed by atoms with Gasteiger partial charge in [-0.05, 0) is 31.2 Å². The average molecular weight is 296 g/mol. The quantitative estimate of drug-likeness (QED) is 0.927. The molecule has 3 nitrogen and oxygen atoms in total. The van der Waals surface area contributed by atoms with Crippen molar-refractivity contribution in [1.29, 1.82) is 0 Å². The van der Waals surface area contributed by atoms with E-state index in [-0.39, 0.29) is 5.82 Å². The summed E-state index contributed by atoms with van der Waals surface area (Å²) in [6, 6.07) is 5.79. The van der Waals surface area contributed by atoms with Crippen molar-refractivity contribution >= 4 is 15.9 Å². The SMILES string of the molecule is Cc1nccc(C(N)c2cc(Br)ccc2F)n1. The molecule has 0 aliphatic carbocycles. The van der Waals surface area contributed by atoms with Crippen LogP contribution < -0.4 is 5.73 Å². The Bertz CT molecular complexity index is 545. The Morgan fingerprint density at radius 2 is 2.12 bits per heavy atom. The van der Waals surface area contributed by atoms with Gasteiger partial charge in [-0.15, -0.1) is 0 Å². The van der Waals surface area contributed by atoms with Crippen molar-refractivity contribution in [3.63, 3.8) is 0 Å². The minimum Gasteiger partial charge on any atom is -0.319 e. The highest BCUT2D eigenvalue weighted by Crippen LogP contribution is 2.24. The zero-order valence-electron chi connectivity index (χ0n) is 9.19. The number of nitrogens with two attached hydrogens (primary N) is 1. The van der Waals surface area contributed by atoms with Crippen molar-refractivity contribution in [2.45, 2.75) is 13.0 Å². The molecule has 1 atom stereocenters. The molecular weight excluding hydrogens is 285 g/mol. The first-order chi connectivity index (χ1) is 8.08. The fourth-order valence-electron chi connectivity index (χ4n) is 1.56. The van der Waals surface area contributed by atoms with Gasteiger partial charge in [0, 0.05) is 16.2 Å². The smallest absolute Gasteiger partial charge is 0.128 e. The van der Waals surface area contributed by atoms with Gasteiger partial charge in [-0.25, -0.2) is 14.4 Å². The normalized spacial score (nSPS) is 12.5. The van der Waals surface area contributed by atoms with Crippen LogP contribution in [0.15, 0.2) is 34.9 Å². The van der Waals surface area contributed by atoms with E-state index in [0.29, 0.717) is 17.1 Å². The number of rotatable bonds is 2. The number of hydrogen-bond donors (Lipinski definition) is 1. The maximum Gasteiger partial charge on any atom is 0.128 e. The van der Waals surface area contributed by atoms with Crippen LogP contribution in [0.2, 0.25) is 0 Å². The molecule has 88 valence electrons. The van der Waals surface area contributed by atoms with E-state index in [0.717, 1.165) is 4.47 Å². The lowest BCUT2D eigenvalue weighted by molar-refractivity contribution is 0.596. The Labute approximate surface area is 107 Å². The first-order valence-corrected chi connectivity index (χ1v) is 5.87. The van der Waals surface area contributed by atoms with Crippen LogP contribution in [0.3, 0.4) is 0 Å². The molecule has 2 N–H and O–H groups in total. The predicted molar refractivity (Wildman–Crippen MR) is 66.9 cm³/mol. The Hall–Kier alpha value is -1.33. The average Bonchev–Trinajstić information content (AvgIpc) is 2.31. The molecule has 0 saturated heterocycles. The third kappa shape index (κ3) is 2.68. The Kier molecular flexibility index (Phi) is 3.49. The summed E-state index contributed by atoms with van der Waals surface area (Å²) in [5.41, 5.74) is 7.02. The van der Waals surface area contributed by atoms with Crippen LogP contribution in [0.25, 0.3) is 0 Å². The lowest BCUT2D eigenvalue weighted by atomic mass is 10.0. The van der Waals surface area contributed by atoms with E-state index in [2.05, 4.69) is 25.9 Å². The predicted octanol–water partition coefficient (Wildman–Crippen LogP) is 2.73. The van der Waals surface area contributed by atoms with Crippen molar-refractivity contribution in [2.24, 2.45) is 5.73 Å². The van der Waals surface area contributed by atoms with Gasteiger partial charge in [0.15, 0.2) is 0 Å². The second-order valence-corrected chi connectivity index (χ2v) is 4.59. The highest BCUT2D eigenvalue weighted by Gasteiger charge is 2.15. The van der Waals surface area contributed by atoms with E-state index in [1.54, 1.807) is 31.3 Å². The van der Waals surface area contributed by atoms with Gasteiger partial charge in [-0.2, -0.15) is 0 Å². The van der Waals surface area contributed by atoms with Crippen molar-refractivity contribution < 1.29 is 4.39 Å². The molecule has 5 heteroatoms. The van der Waals surface area contributed by atoms with Crippen molar-refractivity contribution in [2.75, 3.05) is 0 Å². The molecule has 0 spiro atoms. The third-order valence-electron chi connectivity index (χ3n) is 2.41. The lowest BCUT2D eigenvalue weighted by Crippen LogP contribution is -2.15. The van der Waals surface area contributed by atoms with Crippen LogP contribution in [-0.4, -0.2) is 9.97 Å². The van der Waals surface area contributed by atoms with Crippen LogP contribution >= 0.6 is 15.9 Å². The molecule has 1 aromatic heterocycles. The summed E-state index contributed by atoms with van der Waals surface area (Å²) < 4.78 is 14.4. The van der Waals surface area contributed by atoms with Gasteiger partial charge < -0.3 is 5.73 Å². The first kappa shape index (κ1) is 12.1. The van der Waals surface area contributed by atoms with E-state index in [1.165, 1.54) is 6.07 Å². The molecule has 0 saturated carbocycles. The standard InChI is InChI=1S/C12H11BrFN3/c1-7-16-5-4-11(17-7)12(15)9-6-8(13)2-3-10(9)14/h2-6,12H,15H2,1H3. The van der Waals surface area contributed by atoms with Crippen LogP contribution in [0.4, 0.5) is 4.39 Å². The number of hydrogen-bond acceptors (Lipinski definition) is 3. The topological polar surface area (TPSA) is 51.8 Å². The molecule has 1 heterocycles. The molecule has 0 aliphatic heterocycles. The van der Waals surface area contributed by atoms with Gasteiger partial charge in [-0.1, -0.05) is 15.9 Å². The van der Waals surface area contributed by atoms with E-state index in [4.69, 9.17) is 5.73 Å². The fraction of sp³-hybridized carbons (Fsp3) is 0.167. The molecule has 0 amide bonds. The number of aromatic nitrogens is 2. The number of halogens is 2. The van der Waals surface area contributed by atoms with Gasteiger partial charge >= 0.3 is 0 Å². The minimum atomic E-state index is -0.589. The fourth-order valence-corrected chi connectivity index (χ4v) is 1.94. The van der Waals surface area contributed by atoms with Crippen LogP contribution in [0.5, 0.6) is 0 Å². The molecule has 17 heavy (non-hydrogen) atoms. The van der Waals surface area contributed by atoms with E-state index in [9.17, 15) is 4.39 Å². The molecule has 0 fully saturated rings. The highest BCUT2D eigenvalue weighted by molar-refractivity contribution is 9.10. The van der Waals surface area contributed by atoms with Crippen LogP contribution in [-0.2, 0) is 0 Å². The molecule has 2 aromatic rings. The summed E-state index contributed by atoms with van der Waals surface area (Å²) >= 11 is 3.30. The van der Waals surface area contributed by atoms with Crippen molar-refractivity contribution in [1.82, 2.24) is 9.97 Å².